The van der Waals surface area contributed by atoms with Crippen LogP contribution in [-0.2, 0) is 0 Å². The van der Waals surface area contributed by atoms with E-state index in [0.717, 1.165) is 0 Å². The van der Waals surface area contributed by atoms with Crippen LogP contribution in [0.15, 0.2) is 30.3 Å². The highest BCUT2D eigenvalue weighted by atomic mass is 19.5. The molecule has 86 valence electrons. The van der Waals surface area contributed by atoms with Gasteiger partial charge >= 0.3 is 7.25 Å². The Balaban J connectivity index is -0.000000162. The van der Waals surface area contributed by atoms with Crippen molar-refractivity contribution < 1.29 is 17.3 Å². The molecule has 1 rings (SSSR count). The van der Waals surface area contributed by atoms with Crippen molar-refractivity contribution in [2.45, 2.75) is 6.92 Å². The van der Waals surface area contributed by atoms with Crippen molar-refractivity contribution in [3.8, 4) is 0 Å². The van der Waals surface area contributed by atoms with Crippen molar-refractivity contribution in [1.82, 2.24) is 6.15 Å². The van der Waals surface area contributed by atoms with Gasteiger partial charge in [-0.1, -0.05) is 35.9 Å². The summed E-state index contributed by atoms with van der Waals surface area (Å²) in [6, 6.07) is 10.3. The summed E-state index contributed by atoms with van der Waals surface area (Å²) in [7, 11) is -6.00. The molecule has 3 nitrogen and oxygen atoms in total. The standard InChI is InChI=1S/C7H8.BF4.N2.H3N/c1-7-5-3-2-4-6-7;2-1(3,4)5;1-2;/h2-6H,1H3;;;1H3/q;-1;;. The highest BCUT2D eigenvalue weighted by Crippen LogP contribution is 2.06. The molecule has 0 bridgehead atoms. The molecule has 0 heterocycles. The zero-order valence-electron chi connectivity index (χ0n) is 8.08. The third kappa shape index (κ3) is 32.8. The zero-order valence-corrected chi connectivity index (χ0v) is 8.08. The first-order valence-corrected chi connectivity index (χ1v) is 3.48. The fraction of sp³-hybridized carbons (Fsp3) is 0.143. The molecule has 0 amide bonds. The van der Waals surface area contributed by atoms with Crippen molar-refractivity contribution in [3.05, 3.63) is 35.9 Å². The summed E-state index contributed by atoms with van der Waals surface area (Å²) < 4.78 is 39.0. The zero-order chi connectivity index (χ0) is 11.6. The third-order valence-electron chi connectivity index (χ3n) is 0.940. The maximum Gasteiger partial charge on any atom is 0.673 e. The largest absolute Gasteiger partial charge is 0.673 e. The molecule has 0 spiro atoms. The summed E-state index contributed by atoms with van der Waals surface area (Å²) in [5.74, 6) is 0. The molecule has 0 aliphatic rings. The summed E-state index contributed by atoms with van der Waals surface area (Å²) >= 11 is 0. The Morgan fingerprint density at radius 2 is 1.20 bits per heavy atom. The molecule has 0 aromatic heterocycles. The average molecular weight is 224 g/mol. The normalized spacial score (nSPS) is 8.20. The summed E-state index contributed by atoms with van der Waals surface area (Å²) in [5.41, 5.74) is 1.32. The predicted molar refractivity (Wildman–Crippen MR) is 49.8 cm³/mol. The molecule has 1 aromatic rings. The van der Waals surface area contributed by atoms with Crippen LogP contribution in [-0.4, -0.2) is 7.25 Å². The number of hydrogen-bond acceptors (Lipinski definition) is 3. The lowest BCUT2D eigenvalue weighted by atomic mass is 10.2. The highest BCUT2D eigenvalue weighted by molar-refractivity contribution is 6.50. The Kier molecular flexibility index (Phi) is 13.3. The van der Waals surface area contributed by atoms with Gasteiger partial charge in [-0.15, -0.1) is 0 Å². The summed E-state index contributed by atoms with van der Waals surface area (Å²) in [5, 5.41) is 12.0. The Labute approximate surface area is 85.2 Å². The SMILES string of the molecule is Cc1ccccc1.F[B-](F)(F)F.N.N#N. The Morgan fingerprint density at radius 1 is 0.933 bits per heavy atom. The first-order valence-electron chi connectivity index (χ1n) is 3.48. The molecule has 0 saturated heterocycles. The number of benzene rings is 1. The van der Waals surface area contributed by atoms with E-state index in [1.165, 1.54) is 5.56 Å². The van der Waals surface area contributed by atoms with Crippen LogP contribution in [0.3, 0.4) is 0 Å². The minimum absolute atomic E-state index is 0. The Bertz CT molecular complexity index is 243. The van der Waals surface area contributed by atoms with Crippen LogP contribution in [0.1, 0.15) is 5.56 Å². The lowest BCUT2D eigenvalue weighted by Gasteiger charge is -1.94. The maximum atomic E-state index is 9.75. The number of aryl methyl sites for hydroxylation is 1. The van der Waals surface area contributed by atoms with Crippen molar-refractivity contribution in [2.75, 3.05) is 0 Å². The predicted octanol–water partition coefficient (Wildman–Crippen LogP) is 3.49. The van der Waals surface area contributed by atoms with Crippen LogP contribution in [0.2, 0.25) is 0 Å². The van der Waals surface area contributed by atoms with Crippen molar-refractivity contribution in [2.24, 2.45) is 0 Å². The molecule has 1 aromatic carbocycles. The van der Waals surface area contributed by atoms with Gasteiger partial charge in [0.1, 0.15) is 0 Å². The van der Waals surface area contributed by atoms with E-state index in [-0.39, 0.29) is 6.15 Å². The van der Waals surface area contributed by atoms with E-state index >= 15 is 0 Å². The van der Waals surface area contributed by atoms with Gasteiger partial charge in [-0.2, -0.15) is 0 Å². The Hall–Kier alpha value is -1.62. The van der Waals surface area contributed by atoms with Crippen LogP contribution in [0.25, 0.3) is 0 Å². The Morgan fingerprint density at radius 3 is 1.33 bits per heavy atom. The molecule has 0 atom stereocenters. The lowest BCUT2D eigenvalue weighted by Crippen LogP contribution is -2.02. The van der Waals surface area contributed by atoms with Gasteiger partial charge in [-0.05, 0) is 6.92 Å². The fourth-order valence-electron chi connectivity index (χ4n) is 0.534. The lowest BCUT2D eigenvalue weighted by molar-refractivity contribution is 0.368. The van der Waals surface area contributed by atoms with Gasteiger partial charge in [0, 0.05) is 10.8 Å². The van der Waals surface area contributed by atoms with Gasteiger partial charge in [-0.3, -0.25) is 0 Å². The van der Waals surface area contributed by atoms with Gasteiger partial charge in [0.2, 0.25) is 0 Å². The molecule has 0 unspecified atom stereocenters. The van der Waals surface area contributed by atoms with Crippen LogP contribution in [0, 0.1) is 17.7 Å². The third-order valence-corrected chi connectivity index (χ3v) is 0.940. The minimum Gasteiger partial charge on any atom is -0.418 e. The molecular weight excluding hydrogens is 213 g/mol. The van der Waals surface area contributed by atoms with Gasteiger partial charge < -0.3 is 23.4 Å². The van der Waals surface area contributed by atoms with Crippen LogP contribution in [0.5, 0.6) is 0 Å². The maximum absolute atomic E-state index is 9.75. The van der Waals surface area contributed by atoms with Crippen LogP contribution < -0.4 is 6.15 Å². The molecule has 0 saturated carbocycles. The summed E-state index contributed by atoms with van der Waals surface area (Å²) in [4.78, 5) is 0. The first-order chi connectivity index (χ1) is 6.39. The minimum atomic E-state index is -6.00. The molecule has 3 N–H and O–H groups in total. The number of halogens is 4. The van der Waals surface area contributed by atoms with Crippen LogP contribution >= 0.6 is 0 Å². The second kappa shape index (κ2) is 10.5. The van der Waals surface area contributed by atoms with E-state index in [4.69, 9.17) is 10.8 Å². The monoisotopic (exact) mass is 224 g/mol. The number of hydrogen-bond donors (Lipinski definition) is 1. The molecule has 8 heteroatoms. The van der Waals surface area contributed by atoms with Crippen molar-refractivity contribution in [3.63, 3.8) is 0 Å². The molecular formula is C7H11BF4N3-. The quantitative estimate of drug-likeness (QED) is 0.415. The van der Waals surface area contributed by atoms with Crippen LogP contribution in [0.4, 0.5) is 17.3 Å². The highest BCUT2D eigenvalue weighted by Gasteiger charge is 2.20. The average Bonchev–Trinajstić information content (AvgIpc) is 2.06. The number of nitrogens with zero attached hydrogens (tertiary/aromatic N) is 2. The van der Waals surface area contributed by atoms with Crippen molar-refractivity contribution >= 4 is 7.25 Å². The van der Waals surface area contributed by atoms with Crippen molar-refractivity contribution in [1.29, 1.82) is 10.8 Å². The first kappa shape index (κ1) is 19.0. The second-order valence-corrected chi connectivity index (χ2v) is 2.15. The number of rotatable bonds is 0. The van der Waals surface area contributed by atoms with E-state index in [9.17, 15) is 17.3 Å². The molecule has 0 fully saturated rings. The van der Waals surface area contributed by atoms with Gasteiger partial charge in [0.25, 0.3) is 0 Å². The summed E-state index contributed by atoms with van der Waals surface area (Å²) in [6.07, 6.45) is 0. The molecule has 0 radical (unpaired) electrons. The van der Waals surface area contributed by atoms with E-state index in [1.807, 2.05) is 18.2 Å². The molecule has 15 heavy (non-hydrogen) atoms. The molecule has 0 aliphatic heterocycles. The summed E-state index contributed by atoms with van der Waals surface area (Å²) in [6.45, 7) is 2.08. The second-order valence-electron chi connectivity index (χ2n) is 2.15. The van der Waals surface area contributed by atoms with E-state index in [2.05, 4.69) is 19.1 Å². The fourth-order valence-corrected chi connectivity index (χ4v) is 0.534. The molecule has 0 aliphatic carbocycles. The van der Waals surface area contributed by atoms with Gasteiger partial charge in [0.05, 0.1) is 0 Å². The topological polar surface area (TPSA) is 82.6 Å². The van der Waals surface area contributed by atoms with Gasteiger partial charge in [0.15, 0.2) is 0 Å². The van der Waals surface area contributed by atoms with Gasteiger partial charge in [-0.25, -0.2) is 0 Å². The smallest absolute Gasteiger partial charge is 0.418 e. The van der Waals surface area contributed by atoms with E-state index < -0.39 is 7.25 Å². The van der Waals surface area contributed by atoms with E-state index in [0.29, 0.717) is 0 Å². The van der Waals surface area contributed by atoms with E-state index in [1.54, 1.807) is 0 Å².